The van der Waals surface area contributed by atoms with E-state index >= 15 is 0 Å². The van der Waals surface area contributed by atoms with Crippen molar-refractivity contribution in [3.63, 3.8) is 0 Å². The quantitative estimate of drug-likeness (QED) is 0.904. The van der Waals surface area contributed by atoms with Crippen LogP contribution in [-0.2, 0) is 6.42 Å². The molecule has 1 saturated heterocycles. The average molecular weight is 270 g/mol. The molecule has 1 N–H and O–H groups in total. The SMILES string of the molecule is c1ccc2c(c1)CCCC2NCC1CCN(C2CC2)C1. The minimum absolute atomic E-state index is 0.606. The summed E-state index contributed by atoms with van der Waals surface area (Å²) in [6.45, 7) is 3.90. The van der Waals surface area contributed by atoms with Crippen LogP contribution in [0.4, 0.5) is 0 Å². The second-order valence-corrected chi connectivity index (χ2v) is 6.93. The van der Waals surface area contributed by atoms with Gasteiger partial charge in [-0.2, -0.15) is 0 Å². The average Bonchev–Trinajstić information content (AvgIpc) is 3.24. The monoisotopic (exact) mass is 270 g/mol. The van der Waals surface area contributed by atoms with Gasteiger partial charge in [0.25, 0.3) is 0 Å². The first kappa shape index (κ1) is 12.8. The van der Waals surface area contributed by atoms with Gasteiger partial charge in [0.2, 0.25) is 0 Å². The number of benzene rings is 1. The molecular formula is C18H26N2. The van der Waals surface area contributed by atoms with Crippen LogP contribution in [0.1, 0.15) is 49.3 Å². The first-order chi connectivity index (χ1) is 9.90. The molecular weight excluding hydrogens is 244 g/mol. The number of nitrogens with one attached hydrogen (secondary N) is 1. The largest absolute Gasteiger partial charge is 0.310 e. The van der Waals surface area contributed by atoms with Crippen molar-refractivity contribution >= 4 is 0 Å². The van der Waals surface area contributed by atoms with Crippen LogP contribution >= 0.6 is 0 Å². The summed E-state index contributed by atoms with van der Waals surface area (Å²) in [6.07, 6.45) is 8.24. The van der Waals surface area contributed by atoms with Crippen LogP contribution in [0.25, 0.3) is 0 Å². The van der Waals surface area contributed by atoms with Crippen molar-refractivity contribution in [2.45, 2.75) is 50.6 Å². The van der Waals surface area contributed by atoms with Gasteiger partial charge in [0, 0.05) is 18.6 Å². The Morgan fingerprint density at radius 3 is 2.90 bits per heavy atom. The van der Waals surface area contributed by atoms with Gasteiger partial charge >= 0.3 is 0 Å². The van der Waals surface area contributed by atoms with Crippen molar-refractivity contribution < 1.29 is 0 Å². The van der Waals surface area contributed by atoms with Crippen LogP contribution in [-0.4, -0.2) is 30.6 Å². The number of nitrogens with zero attached hydrogens (tertiary/aromatic N) is 1. The van der Waals surface area contributed by atoms with E-state index in [1.807, 2.05) is 0 Å². The zero-order valence-corrected chi connectivity index (χ0v) is 12.4. The van der Waals surface area contributed by atoms with E-state index in [2.05, 4.69) is 34.5 Å². The van der Waals surface area contributed by atoms with Crippen molar-refractivity contribution in [3.05, 3.63) is 35.4 Å². The molecule has 0 radical (unpaired) electrons. The third-order valence-electron chi connectivity index (χ3n) is 5.40. The first-order valence-electron chi connectivity index (χ1n) is 8.45. The molecule has 3 aliphatic rings. The molecule has 2 fully saturated rings. The molecule has 1 aromatic rings. The highest BCUT2D eigenvalue weighted by molar-refractivity contribution is 5.32. The molecule has 0 aromatic heterocycles. The predicted molar refractivity (Wildman–Crippen MR) is 82.8 cm³/mol. The summed E-state index contributed by atoms with van der Waals surface area (Å²) in [6, 6.07) is 10.6. The Balaban J connectivity index is 1.34. The standard InChI is InChI=1S/C18H26N2/c1-2-6-17-15(4-1)5-3-7-18(17)19-12-14-10-11-20(13-14)16-8-9-16/h1-2,4,6,14,16,18-19H,3,5,7-13H2. The first-order valence-corrected chi connectivity index (χ1v) is 8.45. The van der Waals surface area contributed by atoms with E-state index in [1.54, 1.807) is 11.1 Å². The molecule has 0 spiro atoms. The van der Waals surface area contributed by atoms with Crippen LogP contribution in [0, 0.1) is 5.92 Å². The van der Waals surface area contributed by atoms with Gasteiger partial charge in [0.15, 0.2) is 0 Å². The Kier molecular flexibility index (Phi) is 3.53. The lowest BCUT2D eigenvalue weighted by atomic mass is 9.87. The smallest absolute Gasteiger partial charge is 0.0323 e. The van der Waals surface area contributed by atoms with Crippen molar-refractivity contribution in [1.82, 2.24) is 10.2 Å². The summed E-state index contributed by atoms with van der Waals surface area (Å²) in [7, 11) is 0. The maximum Gasteiger partial charge on any atom is 0.0323 e. The molecule has 4 rings (SSSR count). The zero-order chi connectivity index (χ0) is 13.4. The second kappa shape index (κ2) is 5.50. The Labute approximate surface area is 122 Å². The molecule has 2 unspecified atom stereocenters. The van der Waals surface area contributed by atoms with Crippen LogP contribution < -0.4 is 5.32 Å². The van der Waals surface area contributed by atoms with E-state index in [4.69, 9.17) is 0 Å². The van der Waals surface area contributed by atoms with Crippen LogP contribution in [0.3, 0.4) is 0 Å². The second-order valence-electron chi connectivity index (χ2n) is 6.93. The predicted octanol–water partition coefficient (Wildman–Crippen LogP) is 3.14. The lowest BCUT2D eigenvalue weighted by Gasteiger charge is -2.27. The van der Waals surface area contributed by atoms with Gasteiger partial charge in [0.05, 0.1) is 0 Å². The molecule has 1 aromatic carbocycles. The summed E-state index contributed by atoms with van der Waals surface area (Å²) < 4.78 is 0. The van der Waals surface area contributed by atoms with E-state index in [0.717, 1.165) is 12.0 Å². The van der Waals surface area contributed by atoms with Gasteiger partial charge in [-0.15, -0.1) is 0 Å². The van der Waals surface area contributed by atoms with Gasteiger partial charge < -0.3 is 10.2 Å². The normalized spacial score (nSPS) is 30.4. The van der Waals surface area contributed by atoms with E-state index in [1.165, 1.54) is 58.2 Å². The van der Waals surface area contributed by atoms with Crippen LogP contribution in [0.5, 0.6) is 0 Å². The summed E-state index contributed by atoms with van der Waals surface area (Å²) in [4.78, 5) is 2.72. The molecule has 108 valence electrons. The summed E-state index contributed by atoms with van der Waals surface area (Å²) in [5.74, 6) is 0.879. The lowest BCUT2D eigenvalue weighted by Crippen LogP contribution is -2.31. The summed E-state index contributed by atoms with van der Waals surface area (Å²) in [5.41, 5.74) is 3.14. The molecule has 2 heteroatoms. The minimum atomic E-state index is 0.606. The summed E-state index contributed by atoms with van der Waals surface area (Å²) >= 11 is 0. The number of fused-ring (bicyclic) bond motifs is 1. The Morgan fingerprint density at radius 1 is 1.10 bits per heavy atom. The van der Waals surface area contributed by atoms with E-state index in [-0.39, 0.29) is 0 Å². The third-order valence-corrected chi connectivity index (χ3v) is 5.40. The number of hydrogen-bond donors (Lipinski definition) is 1. The van der Waals surface area contributed by atoms with Crippen LogP contribution in [0.15, 0.2) is 24.3 Å². The highest BCUT2D eigenvalue weighted by Crippen LogP contribution is 2.33. The zero-order valence-electron chi connectivity index (χ0n) is 12.4. The van der Waals surface area contributed by atoms with Crippen molar-refractivity contribution in [1.29, 1.82) is 0 Å². The maximum atomic E-state index is 3.87. The Hall–Kier alpha value is -0.860. The van der Waals surface area contributed by atoms with E-state index < -0.39 is 0 Å². The third kappa shape index (κ3) is 2.64. The van der Waals surface area contributed by atoms with E-state index in [0.29, 0.717) is 6.04 Å². The molecule has 2 atom stereocenters. The van der Waals surface area contributed by atoms with Gasteiger partial charge in [-0.25, -0.2) is 0 Å². The maximum absolute atomic E-state index is 3.87. The van der Waals surface area contributed by atoms with Gasteiger partial charge in [0.1, 0.15) is 0 Å². The fourth-order valence-corrected chi connectivity index (χ4v) is 4.08. The topological polar surface area (TPSA) is 15.3 Å². The van der Waals surface area contributed by atoms with Crippen molar-refractivity contribution in [2.24, 2.45) is 5.92 Å². The molecule has 20 heavy (non-hydrogen) atoms. The van der Waals surface area contributed by atoms with Crippen molar-refractivity contribution in [2.75, 3.05) is 19.6 Å². The highest BCUT2D eigenvalue weighted by atomic mass is 15.2. The Morgan fingerprint density at radius 2 is 2.00 bits per heavy atom. The van der Waals surface area contributed by atoms with Gasteiger partial charge in [-0.1, -0.05) is 24.3 Å². The molecule has 0 amide bonds. The Bertz CT molecular complexity index is 466. The molecule has 2 nitrogen and oxygen atoms in total. The number of likely N-dealkylation sites (tertiary alicyclic amines) is 1. The number of aryl methyl sites for hydroxylation is 1. The van der Waals surface area contributed by atoms with Crippen molar-refractivity contribution in [3.8, 4) is 0 Å². The lowest BCUT2D eigenvalue weighted by molar-refractivity contribution is 0.307. The van der Waals surface area contributed by atoms with Gasteiger partial charge in [-0.05, 0) is 68.7 Å². The van der Waals surface area contributed by atoms with E-state index in [9.17, 15) is 0 Å². The molecule has 1 saturated carbocycles. The molecule has 1 heterocycles. The number of hydrogen-bond acceptors (Lipinski definition) is 2. The minimum Gasteiger partial charge on any atom is -0.310 e. The fraction of sp³-hybridized carbons (Fsp3) is 0.667. The van der Waals surface area contributed by atoms with Gasteiger partial charge in [-0.3, -0.25) is 0 Å². The van der Waals surface area contributed by atoms with Crippen LogP contribution in [0.2, 0.25) is 0 Å². The molecule has 2 aliphatic carbocycles. The fourth-order valence-electron chi connectivity index (χ4n) is 4.08. The highest BCUT2D eigenvalue weighted by Gasteiger charge is 2.34. The molecule has 0 bridgehead atoms. The molecule has 1 aliphatic heterocycles. The summed E-state index contributed by atoms with van der Waals surface area (Å²) in [5, 5.41) is 3.87. The number of rotatable bonds is 4.